The number of hydrogen-bond acceptors (Lipinski definition) is 4. The first-order valence-corrected chi connectivity index (χ1v) is 7.06. The average Bonchev–Trinajstić information content (AvgIpc) is 3.12. The van der Waals surface area contributed by atoms with Crippen LogP contribution in [0.15, 0.2) is 0 Å². The fraction of sp³-hybridized carbons (Fsp3) is 0.846. The van der Waals surface area contributed by atoms with E-state index in [0.29, 0.717) is 12.6 Å². The summed E-state index contributed by atoms with van der Waals surface area (Å²) < 4.78 is 0. The number of likely N-dealkylation sites (N-methyl/N-ethyl adjacent to an activating group) is 1. The second-order valence-electron chi connectivity index (χ2n) is 5.73. The van der Waals surface area contributed by atoms with E-state index in [9.17, 15) is 9.59 Å². The van der Waals surface area contributed by atoms with E-state index in [1.165, 1.54) is 4.90 Å². The van der Waals surface area contributed by atoms with Crippen molar-refractivity contribution in [2.45, 2.75) is 37.8 Å². The topological polar surface area (TPSA) is 78.7 Å². The van der Waals surface area contributed by atoms with Crippen LogP contribution in [0.25, 0.3) is 0 Å². The number of nitrogens with zero attached hydrogens (tertiary/aromatic N) is 2. The highest BCUT2D eigenvalue weighted by Gasteiger charge is 2.25. The summed E-state index contributed by atoms with van der Waals surface area (Å²) in [6.45, 7) is 2.20. The monoisotopic (exact) mass is 268 g/mol. The molecule has 0 unspecified atom stereocenters. The normalized spacial score (nSPS) is 24.0. The van der Waals surface area contributed by atoms with E-state index in [1.54, 1.807) is 7.05 Å². The SMILES string of the molecule is CN(CC(=O)NC1CC1)C(=O)CN1CCC[C@@H](N)C1. The van der Waals surface area contributed by atoms with Gasteiger partial charge in [0.25, 0.3) is 0 Å². The zero-order valence-electron chi connectivity index (χ0n) is 11.6. The molecule has 1 saturated heterocycles. The smallest absolute Gasteiger partial charge is 0.239 e. The van der Waals surface area contributed by atoms with E-state index in [0.717, 1.165) is 38.8 Å². The zero-order chi connectivity index (χ0) is 13.8. The molecule has 1 aliphatic carbocycles. The lowest BCUT2D eigenvalue weighted by Gasteiger charge is -2.31. The summed E-state index contributed by atoms with van der Waals surface area (Å²) in [4.78, 5) is 27.2. The molecular formula is C13H24N4O2. The quantitative estimate of drug-likeness (QED) is 0.680. The molecule has 1 heterocycles. The lowest BCUT2D eigenvalue weighted by atomic mass is 10.1. The van der Waals surface area contributed by atoms with Gasteiger partial charge in [-0.3, -0.25) is 14.5 Å². The molecule has 0 aromatic rings. The second-order valence-corrected chi connectivity index (χ2v) is 5.73. The van der Waals surface area contributed by atoms with E-state index in [2.05, 4.69) is 10.2 Å². The first kappa shape index (κ1) is 14.3. The van der Waals surface area contributed by atoms with Crippen LogP contribution in [0.3, 0.4) is 0 Å². The lowest BCUT2D eigenvalue weighted by molar-refractivity contribution is -0.135. The van der Waals surface area contributed by atoms with Crippen molar-refractivity contribution in [1.29, 1.82) is 0 Å². The van der Waals surface area contributed by atoms with E-state index in [-0.39, 0.29) is 24.4 Å². The minimum atomic E-state index is -0.0614. The van der Waals surface area contributed by atoms with Crippen molar-refractivity contribution in [3.8, 4) is 0 Å². The third-order valence-electron chi connectivity index (χ3n) is 3.65. The number of nitrogens with one attached hydrogen (secondary N) is 1. The molecule has 2 aliphatic rings. The average molecular weight is 268 g/mol. The van der Waals surface area contributed by atoms with Gasteiger partial charge in [0.2, 0.25) is 11.8 Å². The van der Waals surface area contributed by atoms with Crippen molar-refractivity contribution in [3.63, 3.8) is 0 Å². The molecule has 0 spiro atoms. The maximum absolute atomic E-state index is 12.0. The van der Waals surface area contributed by atoms with Gasteiger partial charge in [-0.2, -0.15) is 0 Å². The van der Waals surface area contributed by atoms with Gasteiger partial charge in [0.05, 0.1) is 13.1 Å². The third-order valence-corrected chi connectivity index (χ3v) is 3.65. The van der Waals surface area contributed by atoms with Crippen LogP contribution in [0.4, 0.5) is 0 Å². The number of piperidine rings is 1. The first-order chi connectivity index (χ1) is 9.04. The van der Waals surface area contributed by atoms with E-state index < -0.39 is 0 Å². The number of nitrogens with two attached hydrogens (primary N) is 1. The van der Waals surface area contributed by atoms with Crippen LogP contribution in [0.2, 0.25) is 0 Å². The van der Waals surface area contributed by atoms with Crippen molar-refractivity contribution in [2.24, 2.45) is 5.73 Å². The second kappa shape index (κ2) is 6.34. The fourth-order valence-electron chi connectivity index (χ4n) is 2.35. The van der Waals surface area contributed by atoms with E-state index in [1.807, 2.05) is 0 Å². The van der Waals surface area contributed by atoms with Gasteiger partial charge in [0.15, 0.2) is 0 Å². The Morgan fingerprint density at radius 3 is 2.74 bits per heavy atom. The predicted octanol–water partition coefficient (Wildman–Crippen LogP) is -0.853. The number of carbonyl (C=O) groups is 2. The van der Waals surface area contributed by atoms with Crippen molar-refractivity contribution in [1.82, 2.24) is 15.1 Å². The number of amides is 2. The van der Waals surface area contributed by atoms with Crippen LogP contribution in [-0.2, 0) is 9.59 Å². The van der Waals surface area contributed by atoms with Crippen LogP contribution >= 0.6 is 0 Å². The van der Waals surface area contributed by atoms with Crippen LogP contribution in [0, 0.1) is 0 Å². The van der Waals surface area contributed by atoms with Gasteiger partial charge in [-0.05, 0) is 32.2 Å². The predicted molar refractivity (Wildman–Crippen MR) is 72.5 cm³/mol. The molecule has 2 fully saturated rings. The highest BCUT2D eigenvalue weighted by atomic mass is 16.2. The molecule has 0 aromatic heterocycles. The maximum Gasteiger partial charge on any atom is 0.239 e. The number of rotatable bonds is 5. The molecule has 0 bridgehead atoms. The highest BCUT2D eigenvalue weighted by Crippen LogP contribution is 2.18. The number of likely N-dealkylation sites (tertiary alicyclic amines) is 1. The summed E-state index contributed by atoms with van der Waals surface area (Å²) in [5.74, 6) is -0.0752. The minimum Gasteiger partial charge on any atom is -0.352 e. The maximum atomic E-state index is 12.0. The summed E-state index contributed by atoms with van der Waals surface area (Å²) in [5.41, 5.74) is 5.89. The molecule has 0 aromatic carbocycles. The first-order valence-electron chi connectivity index (χ1n) is 7.06. The molecule has 2 amide bonds. The molecule has 1 atom stereocenters. The Morgan fingerprint density at radius 1 is 1.37 bits per heavy atom. The summed E-state index contributed by atoms with van der Waals surface area (Å²) in [6, 6.07) is 0.515. The van der Waals surface area contributed by atoms with Crippen LogP contribution in [0.5, 0.6) is 0 Å². The Balaban J connectivity index is 1.70. The molecule has 108 valence electrons. The van der Waals surface area contributed by atoms with Crippen molar-refractivity contribution in [3.05, 3.63) is 0 Å². The Morgan fingerprint density at radius 2 is 2.11 bits per heavy atom. The van der Waals surface area contributed by atoms with Gasteiger partial charge in [0, 0.05) is 25.7 Å². The van der Waals surface area contributed by atoms with Gasteiger partial charge < -0.3 is 16.0 Å². The molecule has 1 saturated carbocycles. The number of hydrogen-bond donors (Lipinski definition) is 2. The summed E-state index contributed by atoms with van der Waals surface area (Å²) in [5, 5.41) is 2.88. The molecule has 2 rings (SSSR count). The van der Waals surface area contributed by atoms with Crippen molar-refractivity contribution >= 4 is 11.8 Å². The molecular weight excluding hydrogens is 244 g/mol. The highest BCUT2D eigenvalue weighted by molar-refractivity contribution is 5.85. The van der Waals surface area contributed by atoms with Crippen LogP contribution in [0.1, 0.15) is 25.7 Å². The Bertz CT molecular complexity index is 344. The van der Waals surface area contributed by atoms with Gasteiger partial charge >= 0.3 is 0 Å². The fourth-order valence-corrected chi connectivity index (χ4v) is 2.35. The Kier molecular flexibility index (Phi) is 4.76. The van der Waals surface area contributed by atoms with Gasteiger partial charge in [-0.1, -0.05) is 0 Å². The Labute approximate surface area is 114 Å². The largest absolute Gasteiger partial charge is 0.352 e. The molecule has 19 heavy (non-hydrogen) atoms. The summed E-state index contributed by atoms with van der Waals surface area (Å²) in [6.07, 6.45) is 4.20. The van der Waals surface area contributed by atoms with Crippen LogP contribution in [-0.4, -0.2) is 66.9 Å². The van der Waals surface area contributed by atoms with E-state index in [4.69, 9.17) is 5.73 Å². The van der Waals surface area contributed by atoms with Gasteiger partial charge in [-0.15, -0.1) is 0 Å². The van der Waals surface area contributed by atoms with Crippen LogP contribution < -0.4 is 11.1 Å². The molecule has 1 aliphatic heterocycles. The molecule has 6 heteroatoms. The Hall–Kier alpha value is -1.14. The third kappa shape index (κ3) is 4.80. The summed E-state index contributed by atoms with van der Waals surface area (Å²) >= 11 is 0. The summed E-state index contributed by atoms with van der Waals surface area (Å²) in [7, 11) is 1.68. The lowest BCUT2D eigenvalue weighted by Crippen LogP contribution is -2.48. The van der Waals surface area contributed by atoms with Crippen molar-refractivity contribution in [2.75, 3.05) is 33.2 Å². The molecule has 3 N–H and O–H groups in total. The van der Waals surface area contributed by atoms with Gasteiger partial charge in [-0.25, -0.2) is 0 Å². The minimum absolute atomic E-state index is 0.0138. The molecule has 6 nitrogen and oxygen atoms in total. The number of carbonyl (C=O) groups excluding carboxylic acids is 2. The standard InChI is InChI=1S/C13H24N4O2/c1-16(8-12(18)15-11-4-5-11)13(19)9-17-6-2-3-10(14)7-17/h10-11H,2-9,14H2,1H3,(H,15,18)/t10-/m1/s1. The van der Waals surface area contributed by atoms with E-state index >= 15 is 0 Å². The van der Waals surface area contributed by atoms with Gasteiger partial charge in [0.1, 0.15) is 0 Å². The van der Waals surface area contributed by atoms with Crippen molar-refractivity contribution < 1.29 is 9.59 Å². The zero-order valence-corrected chi connectivity index (χ0v) is 11.6. The molecule has 0 radical (unpaired) electrons.